The van der Waals surface area contributed by atoms with Gasteiger partial charge in [0.1, 0.15) is 0 Å². The molecule has 0 amide bonds. The van der Waals surface area contributed by atoms with E-state index in [1.54, 1.807) is 0 Å². The first-order chi connectivity index (χ1) is 8.08. The average Bonchev–Trinajstić information content (AvgIpc) is 2.79. The zero-order chi connectivity index (χ0) is 12.4. The van der Waals surface area contributed by atoms with Gasteiger partial charge < -0.3 is 10.8 Å². The number of hydrogen-bond donors (Lipinski definition) is 2. The highest BCUT2D eigenvalue weighted by Crippen LogP contribution is 2.33. The third-order valence-corrected chi connectivity index (χ3v) is 4.44. The molecule has 0 saturated heterocycles. The Bertz CT molecular complexity index is 376. The van der Waals surface area contributed by atoms with Gasteiger partial charge in [0.2, 0.25) is 0 Å². The molecular formula is C13H18Br2ClNO. The molecule has 1 aromatic carbocycles. The molecule has 2 atom stereocenters. The minimum atomic E-state index is -0.432. The lowest BCUT2D eigenvalue weighted by atomic mass is 9.91. The second-order valence-corrected chi connectivity index (χ2v) is 6.60. The van der Waals surface area contributed by atoms with Crippen LogP contribution in [0.4, 0.5) is 0 Å². The maximum Gasteiger partial charge on any atom is 0.0760 e. The van der Waals surface area contributed by atoms with Crippen LogP contribution in [0, 0.1) is 5.92 Å². The van der Waals surface area contributed by atoms with E-state index in [0.29, 0.717) is 5.92 Å². The Kier molecular flexibility index (Phi) is 6.62. The molecule has 1 saturated carbocycles. The first-order valence-corrected chi connectivity index (χ1v) is 7.56. The highest BCUT2D eigenvalue weighted by molar-refractivity contribution is 9.11. The summed E-state index contributed by atoms with van der Waals surface area (Å²) in [4.78, 5) is 0. The predicted molar refractivity (Wildman–Crippen MR) is 84.0 cm³/mol. The number of hydrogen-bond acceptors (Lipinski definition) is 2. The summed E-state index contributed by atoms with van der Waals surface area (Å²) in [5.74, 6) is 0.364. The van der Waals surface area contributed by atoms with Crippen LogP contribution in [0.3, 0.4) is 0 Å². The van der Waals surface area contributed by atoms with Gasteiger partial charge in [0.05, 0.1) is 12.1 Å². The minimum absolute atomic E-state index is 0. The Hall–Kier alpha value is 0.390. The van der Waals surface area contributed by atoms with E-state index in [0.717, 1.165) is 27.4 Å². The fourth-order valence-corrected chi connectivity index (χ4v) is 3.89. The van der Waals surface area contributed by atoms with Crippen molar-refractivity contribution in [2.75, 3.05) is 0 Å². The molecule has 2 rings (SSSR count). The Balaban J connectivity index is 0.00000162. The molecule has 1 aromatic rings. The van der Waals surface area contributed by atoms with Crippen LogP contribution < -0.4 is 5.73 Å². The molecule has 0 bridgehead atoms. The molecule has 18 heavy (non-hydrogen) atoms. The topological polar surface area (TPSA) is 46.2 Å². The fourth-order valence-electron chi connectivity index (χ4n) is 2.56. The molecule has 0 radical (unpaired) electrons. The Labute approximate surface area is 131 Å². The number of halogens is 3. The first-order valence-electron chi connectivity index (χ1n) is 5.97. The third-order valence-electron chi connectivity index (χ3n) is 3.52. The maximum absolute atomic E-state index is 10.3. The van der Waals surface area contributed by atoms with Crippen molar-refractivity contribution < 1.29 is 5.11 Å². The summed E-state index contributed by atoms with van der Waals surface area (Å²) in [7, 11) is 0. The lowest BCUT2D eigenvalue weighted by Gasteiger charge is -2.25. The number of benzene rings is 1. The minimum Gasteiger partial charge on any atom is -0.391 e. The summed E-state index contributed by atoms with van der Waals surface area (Å²) in [6.45, 7) is 0. The standard InChI is InChI=1S/C13H17Br2NO.ClH/c14-10-5-9(6-11(15)7-10)12(16)13(17)8-3-1-2-4-8;/h5-8,12-13,17H,1-4,16H2;1H/t12-,13+;/m1./s1. The van der Waals surface area contributed by atoms with Crippen molar-refractivity contribution in [2.24, 2.45) is 11.7 Å². The highest BCUT2D eigenvalue weighted by Gasteiger charge is 2.28. The number of nitrogens with two attached hydrogens (primary N) is 1. The van der Waals surface area contributed by atoms with Crippen LogP contribution in [-0.4, -0.2) is 11.2 Å². The Morgan fingerprint density at radius 3 is 2.11 bits per heavy atom. The highest BCUT2D eigenvalue weighted by atomic mass is 79.9. The SMILES string of the molecule is Cl.N[C@H](c1cc(Br)cc(Br)c1)[C@@H](O)C1CCCC1. The van der Waals surface area contributed by atoms with Crippen molar-refractivity contribution >= 4 is 44.3 Å². The largest absolute Gasteiger partial charge is 0.391 e. The zero-order valence-electron chi connectivity index (χ0n) is 9.98. The second-order valence-electron chi connectivity index (χ2n) is 4.76. The van der Waals surface area contributed by atoms with Crippen LogP contribution >= 0.6 is 44.3 Å². The molecular weight excluding hydrogens is 381 g/mol. The molecule has 0 aromatic heterocycles. The average molecular weight is 400 g/mol. The molecule has 0 unspecified atom stereocenters. The van der Waals surface area contributed by atoms with E-state index in [1.807, 2.05) is 18.2 Å². The lowest BCUT2D eigenvalue weighted by molar-refractivity contribution is 0.0844. The van der Waals surface area contributed by atoms with Crippen molar-refractivity contribution in [1.29, 1.82) is 0 Å². The molecule has 0 aliphatic heterocycles. The molecule has 2 nitrogen and oxygen atoms in total. The monoisotopic (exact) mass is 397 g/mol. The molecule has 1 aliphatic carbocycles. The zero-order valence-corrected chi connectivity index (χ0v) is 14.0. The second kappa shape index (κ2) is 7.25. The summed E-state index contributed by atoms with van der Waals surface area (Å²) < 4.78 is 1.96. The van der Waals surface area contributed by atoms with E-state index in [1.165, 1.54) is 12.8 Å². The van der Waals surface area contributed by atoms with Crippen molar-refractivity contribution in [1.82, 2.24) is 0 Å². The van der Waals surface area contributed by atoms with Crippen LogP contribution in [-0.2, 0) is 0 Å². The molecule has 1 fully saturated rings. The van der Waals surface area contributed by atoms with Gasteiger partial charge in [0, 0.05) is 8.95 Å². The van der Waals surface area contributed by atoms with Crippen LogP contribution in [0.5, 0.6) is 0 Å². The van der Waals surface area contributed by atoms with Gasteiger partial charge in [-0.3, -0.25) is 0 Å². The van der Waals surface area contributed by atoms with E-state index < -0.39 is 6.10 Å². The van der Waals surface area contributed by atoms with E-state index in [4.69, 9.17) is 5.73 Å². The fraction of sp³-hybridized carbons (Fsp3) is 0.538. The molecule has 0 spiro atoms. The normalized spacial score (nSPS) is 19.3. The van der Waals surface area contributed by atoms with Gasteiger partial charge in [-0.05, 0) is 42.5 Å². The van der Waals surface area contributed by atoms with Gasteiger partial charge in [-0.25, -0.2) is 0 Å². The van der Waals surface area contributed by atoms with E-state index in [2.05, 4.69) is 31.9 Å². The van der Waals surface area contributed by atoms with Gasteiger partial charge in [0.25, 0.3) is 0 Å². The van der Waals surface area contributed by atoms with E-state index in [-0.39, 0.29) is 18.4 Å². The molecule has 0 heterocycles. The van der Waals surface area contributed by atoms with Crippen molar-refractivity contribution in [2.45, 2.75) is 37.8 Å². The Morgan fingerprint density at radius 1 is 1.11 bits per heavy atom. The van der Waals surface area contributed by atoms with Gasteiger partial charge >= 0.3 is 0 Å². The van der Waals surface area contributed by atoms with Crippen LogP contribution in [0.25, 0.3) is 0 Å². The van der Waals surface area contributed by atoms with Crippen LogP contribution in [0.2, 0.25) is 0 Å². The van der Waals surface area contributed by atoms with Crippen molar-refractivity contribution in [3.05, 3.63) is 32.7 Å². The molecule has 102 valence electrons. The third kappa shape index (κ3) is 3.94. The van der Waals surface area contributed by atoms with Gasteiger partial charge in [0.15, 0.2) is 0 Å². The summed E-state index contributed by atoms with van der Waals surface area (Å²) in [5, 5.41) is 10.3. The van der Waals surface area contributed by atoms with Gasteiger partial charge in [-0.2, -0.15) is 0 Å². The smallest absolute Gasteiger partial charge is 0.0760 e. The summed E-state index contributed by atoms with van der Waals surface area (Å²) in [5.41, 5.74) is 7.14. The van der Waals surface area contributed by atoms with Crippen LogP contribution in [0.1, 0.15) is 37.3 Å². The van der Waals surface area contributed by atoms with Crippen LogP contribution in [0.15, 0.2) is 27.1 Å². The summed E-state index contributed by atoms with van der Waals surface area (Å²) in [6.07, 6.45) is 4.21. The first kappa shape index (κ1) is 16.4. The molecule has 1 aliphatic rings. The number of aliphatic hydroxyl groups is 1. The lowest BCUT2D eigenvalue weighted by Crippen LogP contribution is -2.31. The van der Waals surface area contributed by atoms with Gasteiger partial charge in [-0.1, -0.05) is 44.7 Å². The summed E-state index contributed by atoms with van der Waals surface area (Å²) >= 11 is 6.89. The van der Waals surface area contributed by atoms with Crippen molar-refractivity contribution in [3.8, 4) is 0 Å². The summed E-state index contributed by atoms with van der Waals surface area (Å²) in [6, 6.07) is 5.63. The Morgan fingerprint density at radius 2 is 1.61 bits per heavy atom. The number of aliphatic hydroxyl groups excluding tert-OH is 1. The van der Waals surface area contributed by atoms with E-state index in [9.17, 15) is 5.11 Å². The maximum atomic E-state index is 10.3. The molecule has 3 N–H and O–H groups in total. The van der Waals surface area contributed by atoms with E-state index >= 15 is 0 Å². The van der Waals surface area contributed by atoms with Crippen molar-refractivity contribution in [3.63, 3.8) is 0 Å². The number of rotatable bonds is 3. The molecule has 5 heteroatoms. The quantitative estimate of drug-likeness (QED) is 0.801. The predicted octanol–water partition coefficient (Wildman–Crippen LogP) is 4.18. The van der Waals surface area contributed by atoms with Gasteiger partial charge in [-0.15, -0.1) is 12.4 Å².